The lowest BCUT2D eigenvalue weighted by Gasteiger charge is -2.12. The Labute approximate surface area is 92.4 Å². The third kappa shape index (κ3) is 4.45. The first kappa shape index (κ1) is 12.2. The Balaban J connectivity index is 2.43. The van der Waals surface area contributed by atoms with Crippen LogP contribution in [0.15, 0.2) is 24.3 Å². The normalized spacial score (nSPS) is 12.7. The minimum Gasteiger partial charge on any atom is -0.374 e. The molecule has 0 radical (unpaired) electrons. The zero-order valence-corrected chi connectivity index (χ0v) is 9.70. The van der Waals surface area contributed by atoms with Crippen LogP contribution in [-0.2, 0) is 17.9 Å². The lowest BCUT2D eigenvalue weighted by molar-refractivity contribution is 0.0471. The second-order valence-electron chi connectivity index (χ2n) is 3.93. The molecule has 2 nitrogen and oxygen atoms in total. The van der Waals surface area contributed by atoms with Crippen LogP contribution < -0.4 is 5.73 Å². The topological polar surface area (TPSA) is 35.2 Å². The molecule has 2 N–H and O–H groups in total. The van der Waals surface area contributed by atoms with Gasteiger partial charge in [0.1, 0.15) is 0 Å². The maximum atomic E-state index is 5.73. The second kappa shape index (κ2) is 6.59. The molecule has 1 aromatic rings. The molecule has 0 bridgehead atoms. The van der Waals surface area contributed by atoms with E-state index in [1.165, 1.54) is 17.5 Å². The molecule has 0 fully saturated rings. The summed E-state index contributed by atoms with van der Waals surface area (Å²) in [5.74, 6) is 0. The van der Waals surface area contributed by atoms with Gasteiger partial charge in [0, 0.05) is 6.54 Å². The Hall–Kier alpha value is -0.860. The standard InChI is InChI=1S/C13H21NO/c1-3-5-11(2)15-10-13-7-4-6-12(8-13)9-14/h4,6-8,11H,3,5,9-10,14H2,1-2H3. The Bertz CT molecular complexity index is 286. The van der Waals surface area contributed by atoms with E-state index < -0.39 is 0 Å². The molecule has 0 saturated carbocycles. The number of hydrogen-bond donors (Lipinski definition) is 1. The monoisotopic (exact) mass is 207 g/mol. The quantitative estimate of drug-likeness (QED) is 0.778. The summed E-state index contributed by atoms with van der Waals surface area (Å²) in [6.07, 6.45) is 2.64. The van der Waals surface area contributed by atoms with E-state index >= 15 is 0 Å². The highest BCUT2D eigenvalue weighted by Crippen LogP contribution is 2.09. The molecule has 15 heavy (non-hydrogen) atoms. The van der Waals surface area contributed by atoms with Gasteiger partial charge in [-0.05, 0) is 24.5 Å². The molecule has 1 unspecified atom stereocenters. The van der Waals surface area contributed by atoms with E-state index in [-0.39, 0.29) is 0 Å². The van der Waals surface area contributed by atoms with Crippen molar-refractivity contribution in [2.45, 2.75) is 45.9 Å². The Morgan fingerprint density at radius 1 is 1.33 bits per heavy atom. The Morgan fingerprint density at radius 3 is 2.73 bits per heavy atom. The van der Waals surface area contributed by atoms with Crippen molar-refractivity contribution in [2.24, 2.45) is 5.73 Å². The molecule has 0 aromatic heterocycles. The lowest BCUT2D eigenvalue weighted by Crippen LogP contribution is -2.07. The number of hydrogen-bond acceptors (Lipinski definition) is 2. The summed E-state index contributed by atoms with van der Waals surface area (Å²) in [7, 11) is 0. The smallest absolute Gasteiger partial charge is 0.0720 e. The molecule has 0 aliphatic carbocycles. The fourth-order valence-corrected chi connectivity index (χ4v) is 1.57. The highest BCUT2D eigenvalue weighted by atomic mass is 16.5. The average Bonchev–Trinajstić information content (AvgIpc) is 2.27. The van der Waals surface area contributed by atoms with Crippen LogP contribution in [0.25, 0.3) is 0 Å². The SMILES string of the molecule is CCCC(C)OCc1cccc(CN)c1. The summed E-state index contributed by atoms with van der Waals surface area (Å²) in [5, 5.41) is 0. The first-order chi connectivity index (χ1) is 7.26. The van der Waals surface area contributed by atoms with Crippen LogP contribution in [-0.4, -0.2) is 6.10 Å². The molecule has 0 spiro atoms. The fraction of sp³-hybridized carbons (Fsp3) is 0.538. The Kier molecular flexibility index (Phi) is 5.37. The predicted octanol–water partition coefficient (Wildman–Crippen LogP) is 2.85. The first-order valence-corrected chi connectivity index (χ1v) is 5.65. The van der Waals surface area contributed by atoms with Crippen LogP contribution in [0.4, 0.5) is 0 Å². The molecule has 0 aliphatic rings. The number of benzene rings is 1. The molecule has 0 amide bonds. The van der Waals surface area contributed by atoms with Crippen molar-refractivity contribution in [3.63, 3.8) is 0 Å². The number of rotatable bonds is 6. The van der Waals surface area contributed by atoms with Gasteiger partial charge in [-0.3, -0.25) is 0 Å². The number of ether oxygens (including phenoxy) is 1. The van der Waals surface area contributed by atoms with Gasteiger partial charge >= 0.3 is 0 Å². The molecule has 84 valence electrons. The zero-order chi connectivity index (χ0) is 11.1. The van der Waals surface area contributed by atoms with Gasteiger partial charge in [0.25, 0.3) is 0 Å². The molecular weight excluding hydrogens is 186 g/mol. The molecule has 0 heterocycles. The minimum atomic E-state index is 0.344. The van der Waals surface area contributed by atoms with Crippen LogP contribution in [0.5, 0.6) is 0 Å². The van der Waals surface area contributed by atoms with E-state index in [9.17, 15) is 0 Å². The van der Waals surface area contributed by atoms with Crippen molar-refractivity contribution in [2.75, 3.05) is 0 Å². The number of nitrogens with two attached hydrogens (primary N) is 1. The maximum absolute atomic E-state index is 5.73. The summed E-state index contributed by atoms with van der Waals surface area (Å²) in [5.41, 5.74) is 7.96. The molecule has 1 atom stereocenters. The average molecular weight is 207 g/mol. The summed E-state index contributed by atoms with van der Waals surface area (Å²) >= 11 is 0. The molecule has 2 heteroatoms. The molecule has 1 aromatic carbocycles. The van der Waals surface area contributed by atoms with Crippen molar-refractivity contribution in [1.82, 2.24) is 0 Å². The van der Waals surface area contributed by atoms with Gasteiger partial charge < -0.3 is 10.5 Å². The van der Waals surface area contributed by atoms with Gasteiger partial charge in [0.2, 0.25) is 0 Å². The molecular formula is C13H21NO. The van der Waals surface area contributed by atoms with Crippen molar-refractivity contribution in [1.29, 1.82) is 0 Å². The molecule has 1 rings (SSSR count). The minimum absolute atomic E-state index is 0.344. The summed E-state index contributed by atoms with van der Waals surface area (Å²) in [6.45, 7) is 5.58. The van der Waals surface area contributed by atoms with E-state index in [1.54, 1.807) is 0 Å². The van der Waals surface area contributed by atoms with Gasteiger partial charge in [-0.25, -0.2) is 0 Å². The maximum Gasteiger partial charge on any atom is 0.0720 e. The van der Waals surface area contributed by atoms with Crippen molar-refractivity contribution in [3.8, 4) is 0 Å². The second-order valence-corrected chi connectivity index (χ2v) is 3.93. The predicted molar refractivity (Wildman–Crippen MR) is 63.5 cm³/mol. The van der Waals surface area contributed by atoms with Crippen LogP contribution >= 0.6 is 0 Å². The van der Waals surface area contributed by atoms with E-state index in [2.05, 4.69) is 26.0 Å². The van der Waals surface area contributed by atoms with E-state index in [0.29, 0.717) is 19.3 Å². The van der Waals surface area contributed by atoms with Gasteiger partial charge in [-0.1, -0.05) is 37.6 Å². The zero-order valence-electron chi connectivity index (χ0n) is 9.70. The van der Waals surface area contributed by atoms with E-state index in [1.807, 2.05) is 12.1 Å². The van der Waals surface area contributed by atoms with Crippen LogP contribution in [0.2, 0.25) is 0 Å². The first-order valence-electron chi connectivity index (χ1n) is 5.65. The molecule has 0 saturated heterocycles. The highest BCUT2D eigenvalue weighted by molar-refractivity contribution is 5.22. The summed E-state index contributed by atoms with van der Waals surface area (Å²) < 4.78 is 5.73. The third-order valence-electron chi connectivity index (χ3n) is 2.46. The van der Waals surface area contributed by atoms with E-state index in [0.717, 1.165) is 6.42 Å². The van der Waals surface area contributed by atoms with Gasteiger partial charge in [0.15, 0.2) is 0 Å². The highest BCUT2D eigenvalue weighted by Gasteiger charge is 2.01. The largest absolute Gasteiger partial charge is 0.374 e. The van der Waals surface area contributed by atoms with Crippen molar-refractivity contribution in [3.05, 3.63) is 35.4 Å². The van der Waals surface area contributed by atoms with Crippen LogP contribution in [0.1, 0.15) is 37.8 Å². The van der Waals surface area contributed by atoms with Crippen LogP contribution in [0.3, 0.4) is 0 Å². The summed E-state index contributed by atoms with van der Waals surface area (Å²) in [6, 6.07) is 8.26. The van der Waals surface area contributed by atoms with E-state index in [4.69, 9.17) is 10.5 Å². The third-order valence-corrected chi connectivity index (χ3v) is 2.46. The van der Waals surface area contributed by atoms with Gasteiger partial charge in [-0.15, -0.1) is 0 Å². The molecule has 0 aliphatic heterocycles. The van der Waals surface area contributed by atoms with Gasteiger partial charge in [0.05, 0.1) is 12.7 Å². The summed E-state index contributed by atoms with van der Waals surface area (Å²) in [4.78, 5) is 0. The van der Waals surface area contributed by atoms with Crippen molar-refractivity contribution < 1.29 is 4.74 Å². The van der Waals surface area contributed by atoms with Crippen molar-refractivity contribution >= 4 is 0 Å². The lowest BCUT2D eigenvalue weighted by atomic mass is 10.1. The fourth-order valence-electron chi connectivity index (χ4n) is 1.57. The Morgan fingerprint density at radius 2 is 2.07 bits per heavy atom. The van der Waals surface area contributed by atoms with Gasteiger partial charge in [-0.2, -0.15) is 0 Å². The van der Waals surface area contributed by atoms with Crippen LogP contribution in [0, 0.1) is 0 Å².